The Morgan fingerprint density at radius 2 is 1.32 bits per heavy atom. The number of benzene rings is 2. The Kier molecular flexibility index (Phi) is 10.6. The summed E-state index contributed by atoms with van der Waals surface area (Å²) >= 11 is 0. The number of nitrogens with zero attached hydrogens (tertiary/aromatic N) is 5. The van der Waals surface area contributed by atoms with Gasteiger partial charge in [0.25, 0.3) is 0 Å². The summed E-state index contributed by atoms with van der Waals surface area (Å²) in [4.78, 5) is 71.8. The number of amides is 4. The Morgan fingerprint density at radius 3 is 1.77 bits per heavy atom. The maximum absolute atomic E-state index is 13.7. The molecule has 1 unspecified atom stereocenters. The van der Waals surface area contributed by atoms with Crippen LogP contribution in [0.4, 0.5) is 9.59 Å². The number of methoxy groups -OCH3 is 1. The summed E-state index contributed by atoms with van der Waals surface area (Å²) in [5, 5.41) is 24.0. The van der Waals surface area contributed by atoms with Crippen LogP contribution in [0.1, 0.15) is 94.3 Å². The van der Waals surface area contributed by atoms with Crippen molar-refractivity contribution in [2.45, 2.75) is 83.6 Å². The summed E-state index contributed by atoms with van der Waals surface area (Å²) in [5.41, 5.74) is 6.61. The van der Waals surface area contributed by atoms with Gasteiger partial charge in [0, 0.05) is 20.1 Å². The number of carboxylic acid groups (broad SMARTS) is 1. The van der Waals surface area contributed by atoms with Crippen LogP contribution >= 0.6 is 0 Å². The molecule has 4 heterocycles. The molecule has 2 fully saturated rings. The van der Waals surface area contributed by atoms with Crippen molar-refractivity contribution in [3.8, 4) is 33.6 Å². The Balaban J connectivity index is 1.08. The van der Waals surface area contributed by atoms with E-state index in [1.54, 1.807) is 22.2 Å². The van der Waals surface area contributed by atoms with E-state index >= 15 is 0 Å². The number of H-pyrrole nitrogens is 2. The Morgan fingerprint density at radius 1 is 0.821 bits per heavy atom. The van der Waals surface area contributed by atoms with E-state index < -0.39 is 30.4 Å². The van der Waals surface area contributed by atoms with E-state index in [1.807, 2.05) is 64.1 Å². The van der Waals surface area contributed by atoms with Gasteiger partial charge in [-0.15, -0.1) is 0 Å². The third kappa shape index (κ3) is 6.99. The molecule has 4 amide bonds. The average molecular weight is 767 g/mol. The van der Waals surface area contributed by atoms with Gasteiger partial charge in [-0.2, -0.15) is 0 Å². The van der Waals surface area contributed by atoms with E-state index in [2.05, 4.69) is 25.3 Å². The number of hydrogen-bond donors (Lipinski definition) is 5. The number of ether oxygens (including phenoxy) is 1. The average Bonchev–Trinajstić information content (AvgIpc) is 4.03. The van der Waals surface area contributed by atoms with E-state index in [0.29, 0.717) is 31.2 Å². The Hall–Kier alpha value is -5.70. The summed E-state index contributed by atoms with van der Waals surface area (Å²) in [5.74, 6) is 0.567. The highest BCUT2D eigenvalue weighted by Gasteiger charge is 2.40. The van der Waals surface area contributed by atoms with Crippen molar-refractivity contribution in [2.75, 3.05) is 27.2 Å². The summed E-state index contributed by atoms with van der Waals surface area (Å²) in [6, 6.07) is 9.82. The van der Waals surface area contributed by atoms with Gasteiger partial charge >= 0.3 is 12.2 Å². The number of alkyl carbamates (subject to hydrolysis) is 1. The molecule has 3 aliphatic rings. The van der Waals surface area contributed by atoms with Crippen molar-refractivity contribution >= 4 is 24.0 Å². The van der Waals surface area contributed by atoms with Gasteiger partial charge < -0.3 is 40.0 Å². The summed E-state index contributed by atoms with van der Waals surface area (Å²) < 4.78 is 4.76. The highest BCUT2D eigenvalue weighted by molar-refractivity contribution is 5.87. The first kappa shape index (κ1) is 38.6. The maximum Gasteiger partial charge on any atom is 0.407 e. The lowest BCUT2D eigenvalue weighted by molar-refractivity contribution is -0.138. The molecule has 2 aliphatic heterocycles. The van der Waals surface area contributed by atoms with Gasteiger partial charge in [-0.05, 0) is 83.0 Å². The molecule has 15 nitrogen and oxygen atoms in total. The fraction of sp³-hybridized carbons (Fsp3) is 0.463. The SMILES string of the molecule is COC(=O)N[C@H](C(=O)N1CCC[C@H]1c1ncc(-c2ccc3c(c2)C(O)c2cc(-c4cnc([C@@H]5CCCN5C(=O)[C@H](C(C)C)N(C)C(=O)O)[nH]4)ccc2-3)[nH]1)C(C)C. The first-order valence-electron chi connectivity index (χ1n) is 19.3. The predicted octanol–water partition coefficient (Wildman–Crippen LogP) is 5.87. The number of carbonyl (C=O) groups excluding carboxylic acids is 3. The van der Waals surface area contributed by atoms with Crippen LogP contribution in [0.15, 0.2) is 48.8 Å². The first-order chi connectivity index (χ1) is 26.8. The number of fused-ring (bicyclic) bond motifs is 3. The molecule has 15 heteroatoms. The zero-order chi connectivity index (χ0) is 40.0. The van der Waals surface area contributed by atoms with Gasteiger partial charge in [0.2, 0.25) is 11.8 Å². The zero-order valence-corrected chi connectivity index (χ0v) is 32.6. The third-order valence-corrected chi connectivity index (χ3v) is 11.5. The van der Waals surface area contributed by atoms with Crippen LogP contribution in [-0.2, 0) is 14.3 Å². The normalized spacial score (nSPS) is 19.9. The summed E-state index contributed by atoms with van der Waals surface area (Å²) in [6.45, 7) is 8.54. The second-order valence-electron chi connectivity index (χ2n) is 15.7. The number of likely N-dealkylation sites (tertiary alicyclic amines) is 2. The molecule has 0 bridgehead atoms. The smallest absolute Gasteiger partial charge is 0.407 e. The largest absolute Gasteiger partial charge is 0.465 e. The molecule has 0 saturated carbocycles. The molecule has 2 aromatic carbocycles. The van der Waals surface area contributed by atoms with Crippen molar-refractivity contribution in [2.24, 2.45) is 11.8 Å². The Bertz CT molecular complexity index is 2140. The van der Waals surface area contributed by atoms with Gasteiger partial charge in [0.05, 0.1) is 43.0 Å². The molecule has 5 atom stereocenters. The highest BCUT2D eigenvalue weighted by atomic mass is 16.5. The lowest BCUT2D eigenvalue weighted by Gasteiger charge is -2.33. The number of rotatable bonds is 10. The third-order valence-electron chi connectivity index (χ3n) is 11.5. The molecule has 0 radical (unpaired) electrons. The number of carbonyl (C=O) groups is 4. The highest BCUT2D eigenvalue weighted by Crippen LogP contribution is 2.46. The first-order valence-corrected chi connectivity index (χ1v) is 19.3. The van der Waals surface area contributed by atoms with E-state index in [-0.39, 0.29) is 35.7 Å². The molecular formula is C41H50N8O7. The number of imidazole rings is 2. The van der Waals surface area contributed by atoms with Crippen LogP contribution in [0.2, 0.25) is 0 Å². The van der Waals surface area contributed by atoms with Crippen molar-refractivity contribution in [3.05, 3.63) is 71.6 Å². The van der Waals surface area contributed by atoms with E-state index in [0.717, 1.165) is 68.9 Å². The number of aliphatic hydroxyl groups is 1. The molecule has 56 heavy (non-hydrogen) atoms. The number of nitrogens with one attached hydrogen (secondary N) is 3. The van der Waals surface area contributed by atoms with Gasteiger partial charge in [-0.1, -0.05) is 52.0 Å². The van der Waals surface area contributed by atoms with Crippen molar-refractivity contribution < 1.29 is 34.1 Å². The molecule has 7 rings (SSSR count). The van der Waals surface area contributed by atoms with E-state index in [9.17, 15) is 29.4 Å². The monoisotopic (exact) mass is 766 g/mol. The number of likely N-dealkylation sites (N-methyl/N-ethyl adjacent to an activating group) is 1. The predicted molar refractivity (Wildman–Crippen MR) is 207 cm³/mol. The molecule has 2 saturated heterocycles. The minimum atomic E-state index is -1.14. The fourth-order valence-electron chi connectivity index (χ4n) is 8.57. The van der Waals surface area contributed by atoms with Gasteiger partial charge in [-0.3, -0.25) is 14.5 Å². The molecule has 0 spiro atoms. The van der Waals surface area contributed by atoms with Crippen molar-refractivity contribution in [3.63, 3.8) is 0 Å². The topological polar surface area (TPSA) is 197 Å². The number of aliphatic hydroxyl groups excluding tert-OH is 1. The van der Waals surface area contributed by atoms with Crippen molar-refractivity contribution in [1.29, 1.82) is 0 Å². The van der Waals surface area contributed by atoms with Crippen LogP contribution in [0, 0.1) is 11.8 Å². The van der Waals surface area contributed by atoms with Crippen molar-refractivity contribution in [1.82, 2.24) is 40.0 Å². The van der Waals surface area contributed by atoms with Crippen LogP contribution in [0.25, 0.3) is 33.6 Å². The van der Waals surface area contributed by atoms with E-state index in [4.69, 9.17) is 4.74 Å². The second-order valence-corrected chi connectivity index (χ2v) is 15.7. The zero-order valence-electron chi connectivity index (χ0n) is 32.6. The maximum atomic E-state index is 13.7. The molecule has 1 aliphatic carbocycles. The number of hydrogen-bond acceptors (Lipinski definition) is 8. The second kappa shape index (κ2) is 15.4. The number of aromatic amines is 2. The molecular weight excluding hydrogens is 716 g/mol. The molecule has 4 aromatic rings. The quantitative estimate of drug-likeness (QED) is 0.131. The van der Waals surface area contributed by atoms with Crippen LogP contribution in [0.5, 0.6) is 0 Å². The molecule has 2 aromatic heterocycles. The lowest BCUT2D eigenvalue weighted by atomic mass is 10.0. The summed E-state index contributed by atoms with van der Waals surface area (Å²) in [7, 11) is 2.71. The van der Waals surface area contributed by atoms with Crippen LogP contribution in [0.3, 0.4) is 0 Å². The molecule has 296 valence electrons. The Labute approximate surface area is 325 Å². The standard InChI is InChI=1S/C41H50N8O7/c1-21(2)33(46-40(53)56-6)38(51)48-15-7-9-31(48)36-42-19-29(44-36)23-11-13-25-26-14-12-24(18-28(26)35(50)27(25)17-23)30-20-43-37(45-30)32-10-8-16-49(32)39(52)34(22(3)4)47(5)41(54)55/h11-14,17-22,31-35,50H,7-10,15-16H2,1-6H3,(H,42,44)(H,43,45)(H,46,53)(H,54,55)/t31-,32-,33-,34-,35?/m0/s1. The van der Waals surface area contributed by atoms with Gasteiger partial charge in [0.1, 0.15) is 29.8 Å². The van der Waals surface area contributed by atoms with E-state index in [1.165, 1.54) is 14.2 Å². The number of aromatic nitrogens is 4. The van der Waals surface area contributed by atoms with Crippen LogP contribution < -0.4 is 5.32 Å². The minimum Gasteiger partial charge on any atom is -0.465 e. The van der Waals surface area contributed by atoms with Gasteiger partial charge in [-0.25, -0.2) is 19.6 Å². The van der Waals surface area contributed by atoms with Gasteiger partial charge in [0.15, 0.2) is 0 Å². The molecule has 5 N–H and O–H groups in total. The van der Waals surface area contributed by atoms with Crippen LogP contribution in [-0.4, -0.2) is 108 Å². The minimum absolute atomic E-state index is 0.136. The fourth-order valence-corrected chi connectivity index (χ4v) is 8.57. The summed E-state index contributed by atoms with van der Waals surface area (Å²) in [6.07, 6.45) is 3.87. The lowest BCUT2D eigenvalue weighted by Crippen LogP contribution is -2.51.